The minimum absolute atomic E-state index is 0.407. The minimum Gasteiger partial charge on any atom is -0.497 e. The standard InChI is InChI=1S/C16H23NO4/c1-4-15(2)11-16(14(18)19,9-10-21-15)17-12-5-7-13(20-3)8-6-12/h5-8,17H,4,9-11H2,1-3H3,(H,18,19). The van der Waals surface area contributed by atoms with Crippen LogP contribution in [0.5, 0.6) is 5.75 Å². The van der Waals surface area contributed by atoms with Gasteiger partial charge in [-0.05, 0) is 37.6 Å². The van der Waals surface area contributed by atoms with Crippen molar-refractivity contribution in [2.45, 2.75) is 44.2 Å². The van der Waals surface area contributed by atoms with Crippen LogP contribution >= 0.6 is 0 Å². The molecule has 1 heterocycles. The van der Waals surface area contributed by atoms with Gasteiger partial charge in [0.2, 0.25) is 0 Å². The van der Waals surface area contributed by atoms with Crippen LogP contribution in [0.4, 0.5) is 5.69 Å². The Bertz CT molecular complexity index is 502. The molecular formula is C16H23NO4. The third kappa shape index (κ3) is 3.29. The number of aliphatic carboxylic acids is 1. The van der Waals surface area contributed by atoms with E-state index in [4.69, 9.17) is 9.47 Å². The molecule has 0 aliphatic carbocycles. The highest BCUT2D eigenvalue weighted by atomic mass is 16.5. The zero-order chi connectivity index (χ0) is 15.5. The van der Waals surface area contributed by atoms with Crippen LogP contribution in [-0.2, 0) is 9.53 Å². The monoisotopic (exact) mass is 293 g/mol. The summed E-state index contributed by atoms with van der Waals surface area (Å²) in [6.45, 7) is 4.44. The number of rotatable bonds is 5. The highest BCUT2D eigenvalue weighted by Crippen LogP contribution is 2.37. The van der Waals surface area contributed by atoms with Crippen molar-refractivity contribution in [2.24, 2.45) is 0 Å². The molecule has 116 valence electrons. The Labute approximate surface area is 125 Å². The van der Waals surface area contributed by atoms with Crippen LogP contribution in [0.2, 0.25) is 0 Å². The Balaban J connectivity index is 2.23. The number of carbonyl (C=O) groups is 1. The number of methoxy groups -OCH3 is 1. The summed E-state index contributed by atoms with van der Waals surface area (Å²) >= 11 is 0. The molecule has 1 fully saturated rings. The van der Waals surface area contributed by atoms with Gasteiger partial charge in [-0.25, -0.2) is 4.79 Å². The minimum atomic E-state index is -0.988. The van der Waals surface area contributed by atoms with Gasteiger partial charge in [0.05, 0.1) is 19.3 Å². The van der Waals surface area contributed by atoms with Gasteiger partial charge >= 0.3 is 5.97 Å². The van der Waals surface area contributed by atoms with Crippen LogP contribution in [0.3, 0.4) is 0 Å². The number of benzene rings is 1. The maximum Gasteiger partial charge on any atom is 0.329 e. The molecule has 0 radical (unpaired) electrons. The number of ether oxygens (including phenoxy) is 2. The van der Waals surface area contributed by atoms with E-state index >= 15 is 0 Å². The first-order valence-corrected chi connectivity index (χ1v) is 7.23. The zero-order valence-electron chi connectivity index (χ0n) is 12.8. The summed E-state index contributed by atoms with van der Waals surface area (Å²) in [5, 5.41) is 12.9. The molecule has 0 spiro atoms. The van der Waals surface area contributed by atoms with E-state index in [0.29, 0.717) is 19.4 Å². The number of anilines is 1. The summed E-state index contributed by atoms with van der Waals surface area (Å²) in [7, 11) is 1.60. The lowest BCUT2D eigenvalue weighted by Crippen LogP contribution is -2.56. The topological polar surface area (TPSA) is 67.8 Å². The predicted molar refractivity (Wildman–Crippen MR) is 80.9 cm³/mol. The van der Waals surface area contributed by atoms with Crippen molar-refractivity contribution >= 4 is 11.7 Å². The maximum absolute atomic E-state index is 11.9. The van der Waals surface area contributed by atoms with E-state index in [1.807, 2.05) is 38.1 Å². The molecule has 1 saturated heterocycles. The van der Waals surface area contributed by atoms with Gasteiger partial charge in [-0.3, -0.25) is 0 Å². The van der Waals surface area contributed by atoms with Crippen LogP contribution in [0.15, 0.2) is 24.3 Å². The van der Waals surface area contributed by atoms with Gasteiger partial charge in [-0.15, -0.1) is 0 Å². The van der Waals surface area contributed by atoms with Crippen molar-refractivity contribution in [3.05, 3.63) is 24.3 Å². The van der Waals surface area contributed by atoms with E-state index in [-0.39, 0.29) is 0 Å². The zero-order valence-corrected chi connectivity index (χ0v) is 12.8. The second kappa shape index (κ2) is 5.93. The number of hydrogen-bond acceptors (Lipinski definition) is 4. The predicted octanol–water partition coefficient (Wildman–Crippen LogP) is 2.91. The first kappa shape index (κ1) is 15.6. The number of hydrogen-bond donors (Lipinski definition) is 2. The van der Waals surface area contributed by atoms with Crippen molar-refractivity contribution in [3.63, 3.8) is 0 Å². The van der Waals surface area contributed by atoms with E-state index in [1.165, 1.54) is 0 Å². The molecule has 2 unspecified atom stereocenters. The molecule has 1 aromatic carbocycles. The quantitative estimate of drug-likeness (QED) is 0.873. The second-order valence-corrected chi connectivity index (χ2v) is 5.82. The van der Waals surface area contributed by atoms with E-state index in [1.54, 1.807) is 7.11 Å². The van der Waals surface area contributed by atoms with E-state index in [0.717, 1.165) is 17.9 Å². The third-order valence-corrected chi connectivity index (χ3v) is 4.29. The largest absolute Gasteiger partial charge is 0.497 e. The molecule has 2 N–H and O–H groups in total. The molecule has 1 aromatic rings. The maximum atomic E-state index is 11.9. The molecule has 0 amide bonds. The first-order valence-electron chi connectivity index (χ1n) is 7.23. The third-order valence-electron chi connectivity index (χ3n) is 4.29. The Hall–Kier alpha value is -1.75. The van der Waals surface area contributed by atoms with Gasteiger partial charge < -0.3 is 19.9 Å². The molecule has 2 atom stereocenters. The SMILES string of the molecule is CCC1(C)CC(Nc2ccc(OC)cc2)(C(=O)O)CCO1. The fourth-order valence-electron chi connectivity index (χ4n) is 2.77. The lowest BCUT2D eigenvalue weighted by atomic mass is 9.79. The molecule has 5 heteroatoms. The molecule has 1 aliphatic rings. The highest BCUT2D eigenvalue weighted by molar-refractivity contribution is 5.83. The summed E-state index contributed by atoms with van der Waals surface area (Å²) in [4.78, 5) is 11.9. The van der Waals surface area contributed by atoms with Crippen molar-refractivity contribution in [1.29, 1.82) is 0 Å². The molecule has 5 nitrogen and oxygen atoms in total. The lowest BCUT2D eigenvalue weighted by Gasteiger charge is -2.44. The normalized spacial score (nSPS) is 28.9. The Morgan fingerprint density at radius 3 is 2.62 bits per heavy atom. The van der Waals surface area contributed by atoms with Crippen LogP contribution in [0.25, 0.3) is 0 Å². The van der Waals surface area contributed by atoms with Crippen molar-refractivity contribution in [2.75, 3.05) is 19.0 Å². The molecule has 0 aromatic heterocycles. The van der Waals surface area contributed by atoms with Crippen LogP contribution in [0, 0.1) is 0 Å². The average Bonchev–Trinajstić information content (AvgIpc) is 2.48. The molecule has 2 rings (SSSR count). The summed E-state index contributed by atoms with van der Waals surface area (Å²) in [5.74, 6) is -0.0865. The van der Waals surface area contributed by atoms with Gasteiger partial charge in [0.15, 0.2) is 0 Å². The van der Waals surface area contributed by atoms with Gasteiger partial charge in [0, 0.05) is 18.5 Å². The lowest BCUT2D eigenvalue weighted by molar-refractivity contribution is -0.154. The summed E-state index contributed by atoms with van der Waals surface area (Å²) in [5.41, 5.74) is -0.619. The Kier molecular flexibility index (Phi) is 4.42. The molecule has 21 heavy (non-hydrogen) atoms. The smallest absolute Gasteiger partial charge is 0.329 e. The summed E-state index contributed by atoms with van der Waals surface area (Å²) < 4.78 is 10.9. The number of carboxylic acids is 1. The van der Waals surface area contributed by atoms with E-state index in [9.17, 15) is 9.90 Å². The van der Waals surface area contributed by atoms with Gasteiger partial charge in [0.25, 0.3) is 0 Å². The van der Waals surface area contributed by atoms with Gasteiger partial charge in [0.1, 0.15) is 11.3 Å². The first-order chi connectivity index (χ1) is 9.93. The molecule has 1 aliphatic heterocycles. The van der Waals surface area contributed by atoms with Crippen LogP contribution in [0.1, 0.15) is 33.1 Å². The number of nitrogens with one attached hydrogen (secondary N) is 1. The fourth-order valence-corrected chi connectivity index (χ4v) is 2.77. The van der Waals surface area contributed by atoms with Crippen molar-refractivity contribution in [1.82, 2.24) is 0 Å². The molecular weight excluding hydrogens is 270 g/mol. The van der Waals surface area contributed by atoms with Crippen molar-refractivity contribution in [3.8, 4) is 5.75 Å². The molecule has 0 bridgehead atoms. The van der Waals surface area contributed by atoms with Crippen LogP contribution < -0.4 is 10.1 Å². The molecule has 0 saturated carbocycles. The number of carboxylic acid groups (broad SMARTS) is 1. The fraction of sp³-hybridized carbons (Fsp3) is 0.562. The average molecular weight is 293 g/mol. The van der Waals surface area contributed by atoms with Gasteiger partial charge in [-0.2, -0.15) is 0 Å². The summed E-state index contributed by atoms with van der Waals surface area (Å²) in [6, 6.07) is 7.30. The Morgan fingerprint density at radius 1 is 1.43 bits per heavy atom. The van der Waals surface area contributed by atoms with E-state index < -0.39 is 17.1 Å². The van der Waals surface area contributed by atoms with Gasteiger partial charge in [-0.1, -0.05) is 6.92 Å². The van der Waals surface area contributed by atoms with Crippen molar-refractivity contribution < 1.29 is 19.4 Å². The highest BCUT2D eigenvalue weighted by Gasteiger charge is 2.47. The van der Waals surface area contributed by atoms with Crippen LogP contribution in [-0.4, -0.2) is 35.9 Å². The Morgan fingerprint density at radius 2 is 2.10 bits per heavy atom. The summed E-state index contributed by atoms with van der Waals surface area (Å²) in [6.07, 6.45) is 1.67. The van der Waals surface area contributed by atoms with E-state index in [2.05, 4.69) is 5.32 Å². The second-order valence-electron chi connectivity index (χ2n) is 5.82.